The number of fused-ring (bicyclic) bond motifs is 3. The minimum absolute atomic E-state index is 0.124. The Labute approximate surface area is 233 Å². The molecule has 210 valence electrons. The fraction of sp³-hybridized carbons (Fsp3) is 0.355. The summed E-state index contributed by atoms with van der Waals surface area (Å²) in [4.78, 5) is 44.0. The van der Waals surface area contributed by atoms with E-state index in [9.17, 15) is 14.4 Å². The number of benzene rings is 2. The van der Waals surface area contributed by atoms with E-state index >= 15 is 0 Å². The van der Waals surface area contributed by atoms with Gasteiger partial charge in [-0.25, -0.2) is 14.6 Å². The van der Waals surface area contributed by atoms with Gasteiger partial charge in [-0.15, -0.1) is 6.58 Å². The molecule has 40 heavy (non-hydrogen) atoms. The fourth-order valence-corrected chi connectivity index (χ4v) is 4.85. The van der Waals surface area contributed by atoms with Crippen LogP contribution in [0, 0.1) is 5.41 Å². The quantitative estimate of drug-likeness (QED) is 0.220. The van der Waals surface area contributed by atoms with E-state index in [2.05, 4.69) is 18.5 Å². The summed E-state index contributed by atoms with van der Waals surface area (Å²) in [6.45, 7) is 11.4. The van der Waals surface area contributed by atoms with E-state index in [1.54, 1.807) is 12.2 Å². The summed E-state index contributed by atoms with van der Waals surface area (Å²) in [5, 5.41) is 5.25. The Morgan fingerprint density at radius 3 is 2.62 bits per heavy atom. The van der Waals surface area contributed by atoms with E-state index in [4.69, 9.17) is 19.2 Å². The van der Waals surface area contributed by atoms with E-state index in [1.165, 1.54) is 12.0 Å². The van der Waals surface area contributed by atoms with Gasteiger partial charge in [-0.3, -0.25) is 4.79 Å². The van der Waals surface area contributed by atoms with Crippen molar-refractivity contribution in [3.05, 3.63) is 67.3 Å². The highest BCUT2D eigenvalue weighted by Gasteiger charge is 2.41. The van der Waals surface area contributed by atoms with E-state index in [0.29, 0.717) is 12.3 Å². The van der Waals surface area contributed by atoms with E-state index < -0.39 is 30.1 Å². The molecule has 0 unspecified atom stereocenters. The zero-order valence-corrected chi connectivity index (χ0v) is 23.1. The molecule has 4 rings (SSSR count). The van der Waals surface area contributed by atoms with Crippen LogP contribution in [0.2, 0.25) is 0 Å². The van der Waals surface area contributed by atoms with Crippen LogP contribution >= 0.6 is 0 Å². The highest BCUT2D eigenvalue weighted by molar-refractivity contribution is 6.08. The third kappa shape index (κ3) is 6.42. The molecule has 1 aliphatic heterocycles. The van der Waals surface area contributed by atoms with Gasteiger partial charge < -0.3 is 24.4 Å². The number of likely N-dealkylation sites (tertiary alicyclic amines) is 1. The summed E-state index contributed by atoms with van der Waals surface area (Å²) in [6.07, 6.45) is 3.17. The zero-order valence-electron chi connectivity index (χ0n) is 23.1. The topological polar surface area (TPSA) is 107 Å². The number of allylic oxidation sites excluding steroid dienone is 1. The molecule has 0 spiro atoms. The number of hydrogen-bond donors (Lipinski definition) is 1. The number of esters is 1. The first kappa shape index (κ1) is 28.6. The molecule has 0 bridgehead atoms. The van der Waals surface area contributed by atoms with Gasteiger partial charge in [-0.1, -0.05) is 62.9 Å². The predicted octanol–water partition coefficient (Wildman–Crippen LogP) is 4.88. The van der Waals surface area contributed by atoms with Gasteiger partial charge in [-0.2, -0.15) is 0 Å². The van der Waals surface area contributed by atoms with Gasteiger partial charge in [0.15, 0.2) is 0 Å². The number of alkyl carbamates (subject to hydrolysis) is 1. The van der Waals surface area contributed by atoms with Crippen molar-refractivity contribution in [1.29, 1.82) is 0 Å². The van der Waals surface area contributed by atoms with Gasteiger partial charge in [-0.05, 0) is 29.5 Å². The van der Waals surface area contributed by atoms with E-state index in [0.717, 1.165) is 27.2 Å². The number of nitrogens with zero attached hydrogens (tertiary/aromatic N) is 2. The Balaban J connectivity index is 1.50. The SMILES string of the molecule is C=CCC(C)(C)COC(=O)NCC(=O)N1C[C@H](Oc2nc3ccccc3c3ccc(C=C)cc23)C[C@H]1C(=O)OC. The Hall–Kier alpha value is -4.40. The van der Waals surface area contributed by atoms with Crippen molar-refractivity contribution in [2.45, 2.75) is 38.8 Å². The molecule has 2 heterocycles. The van der Waals surface area contributed by atoms with Crippen molar-refractivity contribution in [2.24, 2.45) is 5.41 Å². The van der Waals surface area contributed by atoms with Gasteiger partial charge in [0.2, 0.25) is 11.8 Å². The number of carbonyl (C=O) groups excluding carboxylic acids is 3. The average Bonchev–Trinajstić information content (AvgIpc) is 3.38. The summed E-state index contributed by atoms with van der Waals surface area (Å²) in [5.41, 5.74) is 1.41. The highest BCUT2D eigenvalue weighted by Crippen LogP contribution is 2.34. The molecule has 1 aromatic heterocycles. The minimum atomic E-state index is -0.859. The maximum atomic E-state index is 13.1. The van der Waals surface area contributed by atoms with Crippen molar-refractivity contribution in [3.63, 3.8) is 0 Å². The van der Waals surface area contributed by atoms with Gasteiger partial charge in [0, 0.05) is 22.6 Å². The van der Waals surface area contributed by atoms with Gasteiger partial charge in [0.1, 0.15) is 18.7 Å². The predicted molar refractivity (Wildman–Crippen MR) is 154 cm³/mol. The molecule has 9 nitrogen and oxygen atoms in total. The van der Waals surface area contributed by atoms with Crippen molar-refractivity contribution in [1.82, 2.24) is 15.2 Å². The van der Waals surface area contributed by atoms with Gasteiger partial charge >= 0.3 is 12.1 Å². The molecule has 2 amide bonds. The molecule has 2 atom stereocenters. The van der Waals surface area contributed by atoms with Gasteiger partial charge in [0.25, 0.3) is 0 Å². The lowest BCUT2D eigenvalue weighted by molar-refractivity contribution is -0.150. The molecular weight excluding hydrogens is 510 g/mol. The molecule has 9 heteroatoms. The second-order valence-corrected chi connectivity index (χ2v) is 10.6. The number of nitrogens with one attached hydrogen (secondary N) is 1. The average molecular weight is 546 g/mol. The molecule has 3 aromatic rings. The number of methoxy groups -OCH3 is 1. The molecule has 0 radical (unpaired) electrons. The second-order valence-electron chi connectivity index (χ2n) is 10.6. The first-order valence-electron chi connectivity index (χ1n) is 13.2. The van der Waals surface area contributed by atoms with Crippen LogP contribution < -0.4 is 10.1 Å². The molecule has 1 fully saturated rings. The fourth-order valence-electron chi connectivity index (χ4n) is 4.85. The number of hydrogen-bond acceptors (Lipinski definition) is 7. The Morgan fingerprint density at radius 2 is 1.90 bits per heavy atom. The third-order valence-corrected chi connectivity index (χ3v) is 6.94. The second kappa shape index (κ2) is 12.2. The van der Waals surface area contributed by atoms with Crippen LogP contribution in [0.4, 0.5) is 4.79 Å². The van der Waals surface area contributed by atoms with Crippen LogP contribution in [0.25, 0.3) is 27.8 Å². The summed E-state index contributed by atoms with van der Waals surface area (Å²) >= 11 is 0. The van der Waals surface area contributed by atoms with Crippen molar-refractivity contribution >= 4 is 45.7 Å². The van der Waals surface area contributed by atoms with E-state index in [1.807, 2.05) is 56.3 Å². The summed E-state index contributed by atoms with van der Waals surface area (Å²) in [5.74, 6) is -0.600. The molecule has 2 aromatic carbocycles. The number of amides is 2. The lowest BCUT2D eigenvalue weighted by Gasteiger charge is -2.24. The van der Waals surface area contributed by atoms with Gasteiger partial charge in [0.05, 0.1) is 25.8 Å². The number of aromatic nitrogens is 1. The first-order chi connectivity index (χ1) is 19.2. The normalized spacial score (nSPS) is 16.9. The van der Waals surface area contributed by atoms with Crippen LogP contribution in [0.15, 0.2) is 61.7 Å². The molecule has 0 saturated carbocycles. The van der Waals surface area contributed by atoms with E-state index in [-0.39, 0.29) is 31.5 Å². The number of rotatable bonds is 10. The lowest BCUT2D eigenvalue weighted by atomic mass is 9.91. The summed E-state index contributed by atoms with van der Waals surface area (Å²) in [7, 11) is 1.27. The number of ether oxygens (including phenoxy) is 3. The van der Waals surface area contributed by atoms with Crippen molar-refractivity contribution < 1.29 is 28.6 Å². The van der Waals surface area contributed by atoms with Crippen LogP contribution in [-0.2, 0) is 19.1 Å². The Kier molecular flexibility index (Phi) is 8.72. The minimum Gasteiger partial charge on any atom is -0.472 e. The Morgan fingerprint density at radius 1 is 1.12 bits per heavy atom. The molecule has 0 aliphatic carbocycles. The Bertz CT molecular complexity index is 1450. The monoisotopic (exact) mass is 545 g/mol. The largest absolute Gasteiger partial charge is 0.472 e. The molecular formula is C31H35N3O6. The first-order valence-corrected chi connectivity index (χ1v) is 13.2. The standard InChI is InChI=1S/C31H35N3O6/c1-6-14-31(3,4)19-39-30(37)32-17-27(35)34-18-21(16-26(34)29(36)38-5)40-28-24-15-20(7-2)12-13-22(24)23-10-8-9-11-25(23)33-28/h6-13,15,21,26H,1-2,14,16-19H2,3-5H3,(H,32,37)/t21-,26+/m1/s1. The van der Waals surface area contributed by atoms with Crippen molar-refractivity contribution in [3.8, 4) is 5.88 Å². The van der Waals surface area contributed by atoms with Crippen LogP contribution in [0.5, 0.6) is 5.88 Å². The van der Waals surface area contributed by atoms with Crippen LogP contribution in [0.1, 0.15) is 32.3 Å². The smallest absolute Gasteiger partial charge is 0.407 e. The summed E-state index contributed by atoms with van der Waals surface area (Å²) < 4.78 is 16.6. The molecule has 1 N–H and O–H groups in total. The number of pyridine rings is 1. The van der Waals surface area contributed by atoms with Crippen LogP contribution in [0.3, 0.4) is 0 Å². The molecule has 1 aliphatic rings. The number of carbonyl (C=O) groups is 3. The third-order valence-electron chi connectivity index (χ3n) is 6.94. The zero-order chi connectivity index (χ0) is 28.9. The van der Waals surface area contributed by atoms with Crippen LogP contribution in [-0.4, -0.2) is 66.8 Å². The molecule has 1 saturated heterocycles. The maximum absolute atomic E-state index is 13.1. The van der Waals surface area contributed by atoms with Crippen molar-refractivity contribution in [2.75, 3.05) is 26.8 Å². The summed E-state index contributed by atoms with van der Waals surface area (Å²) in [6, 6.07) is 12.9. The number of para-hydroxylation sites is 1. The maximum Gasteiger partial charge on any atom is 0.407 e. The highest BCUT2D eigenvalue weighted by atomic mass is 16.5. The lowest BCUT2D eigenvalue weighted by Crippen LogP contribution is -2.46.